The summed E-state index contributed by atoms with van der Waals surface area (Å²) in [5, 5.41) is 8.59. The predicted molar refractivity (Wildman–Crippen MR) is 58.2 cm³/mol. The van der Waals surface area contributed by atoms with E-state index in [0.717, 1.165) is 12.8 Å². The first-order valence-electron chi connectivity index (χ1n) is 5.04. The molecule has 0 aromatic heterocycles. The fourth-order valence-electron chi connectivity index (χ4n) is 1.45. The summed E-state index contributed by atoms with van der Waals surface area (Å²) in [6.07, 6.45) is 7.61. The van der Waals surface area contributed by atoms with Crippen molar-refractivity contribution in [2.75, 3.05) is 0 Å². The van der Waals surface area contributed by atoms with E-state index in [1.807, 2.05) is 24.3 Å². The second-order valence-corrected chi connectivity index (χ2v) is 3.45. The van der Waals surface area contributed by atoms with Gasteiger partial charge in [-0.3, -0.25) is 0 Å². The van der Waals surface area contributed by atoms with Crippen LogP contribution in [0.4, 0.5) is 4.39 Å². The molecule has 2 nitrogen and oxygen atoms in total. The SMILES string of the molecule is N#Cc1ccc(OC2=CCCC=C2)c(F)c1. The topological polar surface area (TPSA) is 33.0 Å². The molecular weight excluding hydrogens is 205 g/mol. The number of hydrogen-bond acceptors (Lipinski definition) is 2. The molecule has 0 saturated carbocycles. The van der Waals surface area contributed by atoms with E-state index < -0.39 is 5.82 Å². The Morgan fingerprint density at radius 2 is 2.19 bits per heavy atom. The maximum atomic E-state index is 13.5. The highest BCUT2D eigenvalue weighted by Crippen LogP contribution is 2.22. The molecule has 2 rings (SSSR count). The van der Waals surface area contributed by atoms with Crippen molar-refractivity contribution in [3.63, 3.8) is 0 Å². The van der Waals surface area contributed by atoms with Gasteiger partial charge in [-0.05, 0) is 43.2 Å². The monoisotopic (exact) mass is 215 g/mol. The molecule has 0 saturated heterocycles. The van der Waals surface area contributed by atoms with E-state index in [9.17, 15) is 4.39 Å². The van der Waals surface area contributed by atoms with Crippen molar-refractivity contribution in [1.82, 2.24) is 0 Å². The summed E-state index contributed by atoms with van der Waals surface area (Å²) >= 11 is 0. The molecule has 0 aliphatic heterocycles. The minimum Gasteiger partial charge on any atom is -0.455 e. The number of hydrogen-bond donors (Lipinski definition) is 0. The Bertz CT molecular complexity index is 497. The van der Waals surface area contributed by atoms with Gasteiger partial charge in [-0.25, -0.2) is 4.39 Å². The molecule has 3 heteroatoms. The minimum absolute atomic E-state index is 0.150. The number of allylic oxidation sites excluding steroid dienone is 3. The fraction of sp³-hybridized carbons (Fsp3) is 0.154. The minimum atomic E-state index is -0.515. The van der Waals surface area contributed by atoms with Crippen LogP contribution in [0.25, 0.3) is 0 Å². The summed E-state index contributed by atoms with van der Waals surface area (Å²) in [4.78, 5) is 0. The average Bonchev–Trinajstić information content (AvgIpc) is 2.33. The van der Waals surface area contributed by atoms with Crippen molar-refractivity contribution in [2.24, 2.45) is 0 Å². The van der Waals surface area contributed by atoms with Gasteiger partial charge >= 0.3 is 0 Å². The molecule has 0 radical (unpaired) electrons. The molecule has 0 bridgehead atoms. The normalized spacial score (nSPS) is 14.1. The standard InChI is InChI=1S/C13H10FNO/c14-12-8-10(9-15)6-7-13(12)16-11-4-2-1-3-5-11/h2,4-8H,1,3H2. The Kier molecular flexibility index (Phi) is 3.02. The first kappa shape index (κ1) is 10.4. The van der Waals surface area contributed by atoms with Crippen LogP contribution in [0.2, 0.25) is 0 Å². The summed E-state index contributed by atoms with van der Waals surface area (Å²) in [5.74, 6) is 0.283. The van der Waals surface area contributed by atoms with E-state index in [4.69, 9.17) is 10.00 Å². The number of rotatable bonds is 2. The van der Waals surface area contributed by atoms with Crippen LogP contribution >= 0.6 is 0 Å². The Balaban J connectivity index is 2.19. The van der Waals surface area contributed by atoms with E-state index in [-0.39, 0.29) is 11.3 Å². The molecule has 16 heavy (non-hydrogen) atoms. The van der Waals surface area contributed by atoms with Crippen LogP contribution < -0.4 is 4.74 Å². The van der Waals surface area contributed by atoms with Crippen LogP contribution in [-0.2, 0) is 0 Å². The highest BCUT2D eigenvalue weighted by molar-refractivity contribution is 5.37. The van der Waals surface area contributed by atoms with Crippen molar-refractivity contribution >= 4 is 0 Å². The number of nitriles is 1. The zero-order valence-corrected chi connectivity index (χ0v) is 8.61. The quantitative estimate of drug-likeness (QED) is 0.758. The highest BCUT2D eigenvalue weighted by Gasteiger charge is 2.07. The maximum absolute atomic E-state index is 13.5. The third kappa shape index (κ3) is 2.29. The van der Waals surface area contributed by atoms with Gasteiger partial charge in [0, 0.05) is 0 Å². The number of ether oxygens (including phenoxy) is 1. The van der Waals surface area contributed by atoms with Crippen LogP contribution in [0.1, 0.15) is 18.4 Å². The lowest BCUT2D eigenvalue weighted by molar-refractivity contribution is 0.408. The summed E-state index contributed by atoms with van der Waals surface area (Å²) in [7, 11) is 0. The molecule has 0 fully saturated rings. The second-order valence-electron chi connectivity index (χ2n) is 3.45. The van der Waals surface area contributed by atoms with Crippen molar-refractivity contribution in [3.8, 4) is 11.8 Å². The number of benzene rings is 1. The molecule has 1 aromatic rings. The van der Waals surface area contributed by atoms with Crippen molar-refractivity contribution < 1.29 is 9.13 Å². The van der Waals surface area contributed by atoms with Crippen LogP contribution in [0.3, 0.4) is 0 Å². The first-order valence-corrected chi connectivity index (χ1v) is 5.04. The summed E-state index contributed by atoms with van der Waals surface area (Å²) in [5.41, 5.74) is 0.290. The van der Waals surface area contributed by atoms with Gasteiger partial charge in [0.05, 0.1) is 11.6 Å². The fourth-order valence-corrected chi connectivity index (χ4v) is 1.45. The molecule has 1 aliphatic carbocycles. The van der Waals surface area contributed by atoms with Gasteiger partial charge in [0.25, 0.3) is 0 Å². The molecule has 1 aromatic carbocycles. The molecule has 0 amide bonds. The molecule has 0 unspecified atom stereocenters. The third-order valence-electron chi connectivity index (χ3n) is 2.25. The molecule has 0 atom stereocenters. The van der Waals surface area contributed by atoms with E-state index in [2.05, 4.69) is 0 Å². The van der Waals surface area contributed by atoms with Gasteiger partial charge in [-0.15, -0.1) is 0 Å². The van der Waals surface area contributed by atoms with Gasteiger partial charge in [-0.2, -0.15) is 5.26 Å². The smallest absolute Gasteiger partial charge is 0.167 e. The molecule has 1 aliphatic rings. The van der Waals surface area contributed by atoms with Crippen molar-refractivity contribution in [3.05, 3.63) is 53.6 Å². The van der Waals surface area contributed by atoms with Gasteiger partial charge in [-0.1, -0.05) is 6.08 Å². The Morgan fingerprint density at radius 1 is 1.31 bits per heavy atom. The zero-order chi connectivity index (χ0) is 11.4. The van der Waals surface area contributed by atoms with Crippen molar-refractivity contribution in [2.45, 2.75) is 12.8 Å². The Labute approximate surface area is 93.3 Å². The Morgan fingerprint density at radius 3 is 2.81 bits per heavy atom. The van der Waals surface area contributed by atoms with E-state index in [1.54, 1.807) is 0 Å². The van der Waals surface area contributed by atoms with Crippen LogP contribution in [0.15, 0.2) is 42.2 Å². The lowest BCUT2D eigenvalue weighted by Crippen LogP contribution is -1.97. The molecule has 0 spiro atoms. The summed E-state index contributed by atoms with van der Waals surface area (Å²) in [6, 6.07) is 6.05. The van der Waals surface area contributed by atoms with Crippen molar-refractivity contribution in [1.29, 1.82) is 5.26 Å². The molecular formula is C13H10FNO. The van der Waals surface area contributed by atoms with Gasteiger partial charge < -0.3 is 4.74 Å². The maximum Gasteiger partial charge on any atom is 0.167 e. The van der Waals surface area contributed by atoms with E-state index in [1.165, 1.54) is 18.2 Å². The molecule has 0 heterocycles. The lowest BCUT2D eigenvalue weighted by Gasteiger charge is -2.10. The van der Waals surface area contributed by atoms with Gasteiger partial charge in [0.1, 0.15) is 5.76 Å². The van der Waals surface area contributed by atoms with E-state index in [0.29, 0.717) is 5.76 Å². The zero-order valence-electron chi connectivity index (χ0n) is 8.61. The average molecular weight is 215 g/mol. The predicted octanol–water partition coefficient (Wildman–Crippen LogP) is 3.31. The summed E-state index contributed by atoms with van der Waals surface area (Å²) < 4.78 is 18.8. The highest BCUT2D eigenvalue weighted by atomic mass is 19.1. The van der Waals surface area contributed by atoms with Gasteiger partial charge in [0.2, 0.25) is 0 Å². The van der Waals surface area contributed by atoms with Crippen LogP contribution in [0.5, 0.6) is 5.75 Å². The second kappa shape index (κ2) is 4.63. The first-order chi connectivity index (χ1) is 7.79. The lowest BCUT2D eigenvalue weighted by atomic mass is 10.2. The number of halogens is 1. The Hall–Kier alpha value is -2.08. The van der Waals surface area contributed by atoms with E-state index >= 15 is 0 Å². The third-order valence-corrected chi connectivity index (χ3v) is 2.25. The largest absolute Gasteiger partial charge is 0.455 e. The van der Waals surface area contributed by atoms with Gasteiger partial charge in [0.15, 0.2) is 11.6 Å². The molecule has 80 valence electrons. The molecule has 0 N–H and O–H groups in total. The number of nitrogens with zero attached hydrogens (tertiary/aromatic N) is 1. The summed E-state index contributed by atoms with van der Waals surface area (Å²) in [6.45, 7) is 0. The van der Waals surface area contributed by atoms with Crippen LogP contribution in [-0.4, -0.2) is 0 Å². The van der Waals surface area contributed by atoms with Crippen LogP contribution in [0, 0.1) is 17.1 Å².